The number of aryl methyl sites for hydroxylation is 1. The van der Waals surface area contributed by atoms with E-state index < -0.39 is 79.1 Å². The summed E-state index contributed by atoms with van der Waals surface area (Å²) in [6.07, 6.45) is -5.93. The maximum absolute atomic E-state index is 13.1. The predicted octanol–water partition coefficient (Wildman–Crippen LogP) is 1.76. The Bertz CT molecular complexity index is 1990. The summed E-state index contributed by atoms with van der Waals surface area (Å²) in [5, 5.41) is 20.1. The third-order valence-corrected chi connectivity index (χ3v) is 9.38. The van der Waals surface area contributed by atoms with E-state index in [1.165, 1.54) is 4.68 Å². The lowest BCUT2D eigenvalue weighted by Crippen LogP contribution is -2.63. The first-order valence-electron chi connectivity index (χ1n) is 19.1. The van der Waals surface area contributed by atoms with E-state index in [0.717, 1.165) is 54.8 Å². The number of benzene rings is 2. The van der Waals surface area contributed by atoms with Crippen molar-refractivity contribution in [3.05, 3.63) is 71.5 Å². The number of carbonyl (C=O) groups excluding carboxylic acids is 6. The van der Waals surface area contributed by atoms with Crippen LogP contribution in [0.4, 0.5) is 4.79 Å². The number of esters is 4. The second-order valence-corrected chi connectivity index (χ2v) is 13.9. The molecule has 0 radical (unpaired) electrons. The van der Waals surface area contributed by atoms with Gasteiger partial charge in [-0.3, -0.25) is 28.8 Å². The third-order valence-electron chi connectivity index (χ3n) is 9.38. The van der Waals surface area contributed by atoms with Crippen molar-refractivity contribution < 1.29 is 71.8 Å². The summed E-state index contributed by atoms with van der Waals surface area (Å²) in [5.74, 6) is -4.97. The number of hydrogen-bond acceptors (Lipinski definition) is 16. The molecule has 0 spiro atoms. The lowest BCUT2D eigenvalue weighted by atomic mass is 9.98. The molecule has 0 saturated carbocycles. The summed E-state index contributed by atoms with van der Waals surface area (Å²) in [6, 6.07) is 15.9. The van der Waals surface area contributed by atoms with Gasteiger partial charge in [0, 0.05) is 65.7 Å². The molecule has 2 heterocycles. The van der Waals surface area contributed by atoms with Gasteiger partial charge in [0.15, 0.2) is 12.2 Å². The molecule has 1 fully saturated rings. The van der Waals surface area contributed by atoms with Crippen LogP contribution in [0.15, 0.2) is 54.7 Å². The first kappa shape index (κ1) is 44.7. The monoisotopic (exact) mass is 837 g/mol. The fraction of sp³-hybridized carbons (Fsp3) is 0.475. The molecule has 1 aromatic heterocycles. The molecule has 322 valence electrons. The number of fused-ring (bicyclic) bond motifs is 3. The summed E-state index contributed by atoms with van der Waals surface area (Å²) < 4.78 is 39.8. The van der Waals surface area contributed by atoms with Gasteiger partial charge in [0.05, 0.1) is 25.5 Å². The highest BCUT2D eigenvalue weighted by molar-refractivity contribution is 5.82. The SMILES string of the molecule is CC(=O)O[C@@H]1O[C@H](COCCn2cc(CCC(=O)N(CCNC(=O)OCC3c4ccccc4-c4ccccc43)CC(=O)O)nn2)[C@H](OC(C)=O)[C@H](OC(C)=O)[C@H]1OC(C)=O. The van der Waals surface area contributed by atoms with Gasteiger partial charge >= 0.3 is 35.9 Å². The van der Waals surface area contributed by atoms with Gasteiger partial charge in [-0.15, -0.1) is 5.10 Å². The Morgan fingerprint density at radius 1 is 0.800 bits per heavy atom. The fourth-order valence-electron chi connectivity index (χ4n) is 6.96. The minimum atomic E-state index is -1.53. The third kappa shape index (κ3) is 12.3. The van der Waals surface area contributed by atoms with Gasteiger partial charge in [-0.25, -0.2) is 9.48 Å². The standard InChI is InChI=1S/C40H47N5O15/c1-23(46)56-36-33(60-39(59-26(4)49)38(58-25(3)48)37(36)57-24(2)47)22-54-18-17-45-19-27(42-43-45)13-14-34(50)44(20-35(51)52)16-15-41-40(53)55-21-32-30-11-7-5-9-28(30)29-10-6-8-12-31(29)32/h5-12,19,32-33,36-39H,13-18,20-22H2,1-4H3,(H,41,53)(H,51,52)/t33-,36+,37+,38-,39-/m1/s1. The number of rotatable bonds is 19. The Balaban J connectivity index is 1.08. The van der Waals surface area contributed by atoms with E-state index in [1.807, 2.05) is 48.5 Å². The minimum Gasteiger partial charge on any atom is -0.480 e. The summed E-state index contributed by atoms with van der Waals surface area (Å²) in [4.78, 5) is 86.1. The van der Waals surface area contributed by atoms with Gasteiger partial charge in [-0.1, -0.05) is 53.7 Å². The van der Waals surface area contributed by atoms with Gasteiger partial charge < -0.3 is 48.5 Å². The molecule has 0 bridgehead atoms. The quantitative estimate of drug-likeness (QED) is 0.0991. The number of ether oxygens (including phenoxy) is 7. The molecule has 2 aromatic carbocycles. The summed E-state index contributed by atoms with van der Waals surface area (Å²) in [6.45, 7) is 3.74. The number of nitrogens with zero attached hydrogens (tertiary/aromatic N) is 4. The second kappa shape index (κ2) is 21.0. The van der Waals surface area contributed by atoms with Crippen LogP contribution in [0.5, 0.6) is 0 Å². The van der Waals surface area contributed by atoms with E-state index in [2.05, 4.69) is 15.6 Å². The number of carboxylic acid groups (broad SMARTS) is 1. The summed E-state index contributed by atoms with van der Waals surface area (Å²) in [7, 11) is 0. The van der Waals surface area contributed by atoms with Gasteiger partial charge in [-0.2, -0.15) is 0 Å². The average molecular weight is 838 g/mol. The van der Waals surface area contributed by atoms with E-state index in [1.54, 1.807) is 6.20 Å². The number of carbonyl (C=O) groups is 7. The molecule has 20 nitrogen and oxygen atoms in total. The molecule has 1 aliphatic heterocycles. The normalized spacial score (nSPS) is 19.2. The molecular weight excluding hydrogens is 790 g/mol. The zero-order valence-electron chi connectivity index (χ0n) is 33.5. The van der Waals surface area contributed by atoms with Crippen molar-refractivity contribution in [2.75, 3.05) is 39.5 Å². The molecule has 2 amide bonds. The van der Waals surface area contributed by atoms with Crippen LogP contribution < -0.4 is 5.32 Å². The summed E-state index contributed by atoms with van der Waals surface area (Å²) >= 11 is 0. The van der Waals surface area contributed by atoms with Crippen LogP contribution in [0.2, 0.25) is 0 Å². The van der Waals surface area contributed by atoms with Gasteiger partial charge in [0.1, 0.15) is 19.3 Å². The van der Waals surface area contributed by atoms with Gasteiger partial charge in [-0.05, 0) is 22.3 Å². The first-order chi connectivity index (χ1) is 28.7. The molecule has 1 aliphatic carbocycles. The van der Waals surface area contributed by atoms with E-state index in [9.17, 15) is 38.7 Å². The Kier molecular flexibility index (Phi) is 15.7. The Morgan fingerprint density at radius 3 is 2.02 bits per heavy atom. The Hall–Kier alpha value is -6.41. The van der Waals surface area contributed by atoms with Crippen molar-refractivity contribution in [2.24, 2.45) is 0 Å². The smallest absolute Gasteiger partial charge is 0.407 e. The number of alkyl carbamates (subject to hydrolysis) is 1. The van der Waals surface area contributed by atoms with Gasteiger partial charge in [0.2, 0.25) is 18.3 Å². The van der Waals surface area contributed by atoms with Crippen LogP contribution in [-0.4, -0.2) is 137 Å². The van der Waals surface area contributed by atoms with Gasteiger partial charge in [0.25, 0.3) is 0 Å². The maximum atomic E-state index is 13.1. The van der Waals surface area contributed by atoms with E-state index in [0.29, 0.717) is 5.69 Å². The number of carboxylic acids is 1. The minimum absolute atomic E-state index is 0.0152. The van der Waals surface area contributed by atoms with E-state index in [-0.39, 0.29) is 58.2 Å². The number of amides is 2. The zero-order chi connectivity index (χ0) is 43.3. The fourth-order valence-corrected chi connectivity index (χ4v) is 6.96. The number of hydrogen-bond donors (Lipinski definition) is 2. The Morgan fingerprint density at radius 2 is 1.40 bits per heavy atom. The van der Waals surface area contributed by atoms with Crippen LogP contribution in [0.3, 0.4) is 0 Å². The first-order valence-corrected chi connectivity index (χ1v) is 19.1. The van der Waals surface area contributed by atoms with Crippen LogP contribution in [0, 0.1) is 0 Å². The van der Waals surface area contributed by atoms with Crippen molar-refractivity contribution in [1.29, 1.82) is 0 Å². The van der Waals surface area contributed by atoms with Crippen molar-refractivity contribution >= 4 is 41.8 Å². The molecule has 1 saturated heterocycles. The highest BCUT2D eigenvalue weighted by Crippen LogP contribution is 2.44. The van der Waals surface area contributed by atoms with Crippen LogP contribution in [0.1, 0.15) is 56.9 Å². The lowest BCUT2D eigenvalue weighted by molar-refractivity contribution is -0.301. The van der Waals surface area contributed by atoms with E-state index in [4.69, 9.17) is 33.2 Å². The molecule has 0 unspecified atom stereocenters. The lowest BCUT2D eigenvalue weighted by Gasteiger charge is -2.43. The molecule has 3 aromatic rings. The number of aliphatic carboxylic acids is 1. The van der Waals surface area contributed by atoms with Crippen LogP contribution in [0.25, 0.3) is 11.1 Å². The molecule has 2 N–H and O–H groups in total. The molecule has 5 atom stereocenters. The summed E-state index contributed by atoms with van der Waals surface area (Å²) in [5.41, 5.74) is 4.74. The van der Waals surface area contributed by atoms with Crippen LogP contribution >= 0.6 is 0 Å². The second-order valence-electron chi connectivity index (χ2n) is 13.9. The average Bonchev–Trinajstić information content (AvgIpc) is 3.78. The maximum Gasteiger partial charge on any atom is 0.407 e. The molecule has 60 heavy (non-hydrogen) atoms. The van der Waals surface area contributed by atoms with Crippen molar-refractivity contribution in [1.82, 2.24) is 25.2 Å². The highest BCUT2D eigenvalue weighted by atomic mass is 16.7. The molecule has 5 rings (SSSR count). The van der Waals surface area contributed by atoms with Crippen molar-refractivity contribution in [3.8, 4) is 11.1 Å². The number of aromatic nitrogens is 3. The zero-order valence-corrected chi connectivity index (χ0v) is 33.5. The van der Waals surface area contributed by atoms with E-state index >= 15 is 0 Å². The highest BCUT2D eigenvalue weighted by Gasteiger charge is 2.53. The number of nitrogens with one attached hydrogen (secondary N) is 1. The topological polar surface area (TPSA) is 250 Å². The van der Waals surface area contributed by atoms with Crippen molar-refractivity contribution in [2.45, 2.75) is 83.7 Å². The Labute approximate surface area is 344 Å². The molecule has 20 heteroatoms. The molecule has 2 aliphatic rings. The van der Waals surface area contributed by atoms with Crippen LogP contribution in [-0.2, 0) is 74.9 Å². The van der Waals surface area contributed by atoms with Crippen molar-refractivity contribution in [3.63, 3.8) is 0 Å². The molecular formula is C40H47N5O15. The predicted molar refractivity (Wildman–Crippen MR) is 204 cm³/mol. The largest absolute Gasteiger partial charge is 0.480 e.